The number of hydrogen-bond acceptors (Lipinski definition) is 4. The molecule has 0 aromatic carbocycles. The number of carbonyl (C=O) groups is 1. The fourth-order valence-electron chi connectivity index (χ4n) is 2.78. The predicted molar refractivity (Wildman–Crippen MR) is 78.9 cm³/mol. The van der Waals surface area contributed by atoms with Crippen LogP contribution in [0.1, 0.15) is 26.0 Å². The molecular weight excluding hydrogens is 270 g/mol. The molecule has 21 heavy (non-hydrogen) atoms. The number of carbonyl (C=O) groups excluding carboxylic acids is 1. The van der Waals surface area contributed by atoms with Crippen molar-refractivity contribution in [3.63, 3.8) is 0 Å². The first-order valence-corrected chi connectivity index (χ1v) is 7.31. The number of hydrogen-bond donors (Lipinski definition) is 0. The number of ether oxygens (including phenoxy) is 2. The monoisotopic (exact) mass is 295 g/mol. The highest BCUT2D eigenvalue weighted by Crippen LogP contribution is 2.22. The Morgan fingerprint density at radius 1 is 1.57 bits per heavy atom. The molecule has 1 atom stereocenters. The highest BCUT2D eigenvalue weighted by molar-refractivity contribution is 5.76. The van der Waals surface area contributed by atoms with E-state index in [2.05, 4.69) is 4.98 Å². The molecule has 1 amide bonds. The number of rotatable bonds is 5. The lowest BCUT2D eigenvalue weighted by atomic mass is 10.0. The average molecular weight is 295 g/mol. The molecule has 2 rings (SSSR count). The van der Waals surface area contributed by atoms with Crippen molar-refractivity contribution in [3.8, 4) is 0 Å². The van der Waals surface area contributed by atoms with Gasteiger partial charge in [0.05, 0.1) is 24.6 Å². The van der Waals surface area contributed by atoms with E-state index in [1.54, 1.807) is 13.4 Å². The van der Waals surface area contributed by atoms with Gasteiger partial charge in [-0.1, -0.05) is 0 Å². The van der Waals surface area contributed by atoms with E-state index in [0.29, 0.717) is 32.5 Å². The lowest BCUT2D eigenvalue weighted by Crippen LogP contribution is -2.55. The number of morpholine rings is 1. The Morgan fingerprint density at radius 3 is 2.95 bits per heavy atom. The fraction of sp³-hybridized carbons (Fsp3) is 0.733. The summed E-state index contributed by atoms with van der Waals surface area (Å²) in [7, 11) is 3.60. The van der Waals surface area contributed by atoms with E-state index in [4.69, 9.17) is 9.47 Å². The lowest BCUT2D eigenvalue weighted by Gasteiger charge is -2.42. The molecule has 1 aromatic rings. The summed E-state index contributed by atoms with van der Waals surface area (Å²) in [5.74, 6) is 0.161. The standard InChI is InChI=1S/C15H25N3O3/c1-15(2)10-18(8-13(21-15)9-20-4)14(19)6-5-12-7-16-11-17(12)3/h7,11,13H,5-6,8-10H2,1-4H3. The molecule has 118 valence electrons. The second kappa shape index (κ2) is 6.58. The zero-order chi connectivity index (χ0) is 15.5. The second-order valence-corrected chi connectivity index (χ2v) is 6.23. The second-order valence-electron chi connectivity index (χ2n) is 6.23. The van der Waals surface area contributed by atoms with Gasteiger partial charge in [0.1, 0.15) is 0 Å². The van der Waals surface area contributed by atoms with Gasteiger partial charge in [-0.2, -0.15) is 0 Å². The molecule has 0 aliphatic carbocycles. The Balaban J connectivity index is 1.92. The SMILES string of the molecule is COCC1CN(C(=O)CCc2cncn2C)CC(C)(C)O1. The summed E-state index contributed by atoms with van der Waals surface area (Å²) in [6.45, 7) is 5.75. The van der Waals surface area contributed by atoms with E-state index in [1.165, 1.54) is 0 Å². The smallest absolute Gasteiger partial charge is 0.223 e. The van der Waals surface area contributed by atoms with E-state index in [9.17, 15) is 4.79 Å². The van der Waals surface area contributed by atoms with Crippen LogP contribution in [0.25, 0.3) is 0 Å². The van der Waals surface area contributed by atoms with Gasteiger partial charge in [0.25, 0.3) is 0 Å². The van der Waals surface area contributed by atoms with Crippen molar-refractivity contribution < 1.29 is 14.3 Å². The molecule has 1 unspecified atom stereocenters. The van der Waals surface area contributed by atoms with Gasteiger partial charge in [0.15, 0.2) is 0 Å². The van der Waals surface area contributed by atoms with Crippen molar-refractivity contribution in [1.82, 2.24) is 14.5 Å². The van der Waals surface area contributed by atoms with Gasteiger partial charge in [-0.15, -0.1) is 0 Å². The molecule has 6 nitrogen and oxygen atoms in total. The van der Waals surface area contributed by atoms with Gasteiger partial charge in [0, 0.05) is 45.6 Å². The molecule has 1 fully saturated rings. The van der Waals surface area contributed by atoms with E-state index in [0.717, 1.165) is 5.69 Å². The first-order chi connectivity index (χ1) is 9.91. The maximum Gasteiger partial charge on any atom is 0.223 e. The van der Waals surface area contributed by atoms with Crippen molar-refractivity contribution >= 4 is 5.91 Å². The third kappa shape index (κ3) is 4.28. The Hall–Kier alpha value is -1.40. The van der Waals surface area contributed by atoms with E-state index in [1.807, 2.05) is 36.6 Å². The van der Waals surface area contributed by atoms with Crippen LogP contribution >= 0.6 is 0 Å². The summed E-state index contributed by atoms with van der Waals surface area (Å²) in [5, 5.41) is 0. The Labute approximate surface area is 126 Å². The number of aromatic nitrogens is 2. The van der Waals surface area contributed by atoms with Crippen LogP contribution in [0.2, 0.25) is 0 Å². The first kappa shape index (κ1) is 16.0. The van der Waals surface area contributed by atoms with Crippen LogP contribution in [0.4, 0.5) is 0 Å². The third-order valence-electron chi connectivity index (χ3n) is 3.70. The molecule has 1 aliphatic heterocycles. The number of nitrogens with zero attached hydrogens (tertiary/aromatic N) is 3. The number of aryl methyl sites for hydroxylation is 2. The maximum atomic E-state index is 12.4. The predicted octanol–water partition coefficient (Wildman–Crippen LogP) is 1.01. The average Bonchev–Trinajstić information content (AvgIpc) is 2.80. The molecule has 1 saturated heterocycles. The van der Waals surface area contributed by atoms with Crippen molar-refractivity contribution in [3.05, 3.63) is 18.2 Å². The summed E-state index contributed by atoms with van der Waals surface area (Å²) >= 11 is 0. The molecule has 1 aliphatic rings. The zero-order valence-electron chi connectivity index (χ0n) is 13.3. The van der Waals surface area contributed by atoms with Crippen molar-refractivity contribution in [1.29, 1.82) is 0 Å². The molecule has 0 bridgehead atoms. The Morgan fingerprint density at radius 2 is 2.33 bits per heavy atom. The summed E-state index contributed by atoms with van der Waals surface area (Å²) in [5.41, 5.74) is 0.744. The molecule has 0 N–H and O–H groups in total. The van der Waals surface area contributed by atoms with E-state index < -0.39 is 0 Å². The van der Waals surface area contributed by atoms with Crippen molar-refractivity contribution in [2.24, 2.45) is 7.05 Å². The minimum atomic E-state index is -0.330. The van der Waals surface area contributed by atoms with Gasteiger partial charge in [0.2, 0.25) is 5.91 Å². The van der Waals surface area contributed by atoms with Gasteiger partial charge < -0.3 is 18.9 Å². The van der Waals surface area contributed by atoms with Gasteiger partial charge in [-0.3, -0.25) is 4.79 Å². The topological polar surface area (TPSA) is 56.6 Å². The van der Waals surface area contributed by atoms with Gasteiger partial charge >= 0.3 is 0 Å². The van der Waals surface area contributed by atoms with Crippen LogP contribution in [-0.4, -0.2) is 58.9 Å². The largest absolute Gasteiger partial charge is 0.382 e. The van der Waals surface area contributed by atoms with Crippen LogP contribution < -0.4 is 0 Å². The van der Waals surface area contributed by atoms with Crippen LogP contribution in [0.3, 0.4) is 0 Å². The van der Waals surface area contributed by atoms with E-state index in [-0.39, 0.29) is 17.6 Å². The molecule has 6 heteroatoms. The maximum absolute atomic E-state index is 12.4. The summed E-state index contributed by atoms with van der Waals surface area (Å²) < 4.78 is 13.0. The highest BCUT2D eigenvalue weighted by atomic mass is 16.5. The Bertz CT molecular complexity index is 484. The number of imidazole rings is 1. The molecule has 1 aromatic heterocycles. The lowest BCUT2D eigenvalue weighted by molar-refractivity contribution is -0.168. The van der Waals surface area contributed by atoms with Gasteiger partial charge in [-0.25, -0.2) is 4.98 Å². The Kier molecular flexibility index (Phi) is 5.00. The molecular formula is C15H25N3O3. The molecule has 0 radical (unpaired) electrons. The highest BCUT2D eigenvalue weighted by Gasteiger charge is 2.35. The summed E-state index contributed by atoms with van der Waals surface area (Å²) in [6.07, 6.45) is 4.72. The van der Waals surface area contributed by atoms with Crippen LogP contribution in [0, 0.1) is 0 Å². The van der Waals surface area contributed by atoms with Crippen molar-refractivity contribution in [2.45, 2.75) is 38.4 Å². The van der Waals surface area contributed by atoms with Crippen molar-refractivity contribution in [2.75, 3.05) is 26.8 Å². The normalized spacial score (nSPS) is 21.5. The summed E-state index contributed by atoms with van der Waals surface area (Å²) in [6, 6.07) is 0. The number of methoxy groups -OCH3 is 1. The zero-order valence-corrected chi connectivity index (χ0v) is 13.3. The minimum absolute atomic E-state index is 0.0561. The van der Waals surface area contributed by atoms with Crippen LogP contribution in [0.5, 0.6) is 0 Å². The third-order valence-corrected chi connectivity index (χ3v) is 3.70. The fourth-order valence-corrected chi connectivity index (χ4v) is 2.78. The quantitative estimate of drug-likeness (QED) is 0.813. The number of amides is 1. The molecule has 0 saturated carbocycles. The minimum Gasteiger partial charge on any atom is -0.382 e. The molecule has 2 heterocycles. The molecule has 0 spiro atoms. The van der Waals surface area contributed by atoms with Crippen LogP contribution in [0.15, 0.2) is 12.5 Å². The van der Waals surface area contributed by atoms with E-state index >= 15 is 0 Å². The first-order valence-electron chi connectivity index (χ1n) is 7.31. The van der Waals surface area contributed by atoms with Crippen LogP contribution in [-0.2, 0) is 27.7 Å². The summed E-state index contributed by atoms with van der Waals surface area (Å²) in [4.78, 5) is 18.4. The van der Waals surface area contributed by atoms with Gasteiger partial charge in [-0.05, 0) is 20.3 Å².